The van der Waals surface area contributed by atoms with Gasteiger partial charge in [-0.05, 0) is 24.3 Å². The molecule has 0 unspecified atom stereocenters. The predicted octanol–water partition coefficient (Wildman–Crippen LogP) is 4.17. The van der Waals surface area contributed by atoms with Crippen molar-refractivity contribution in [3.8, 4) is 17.2 Å². The first-order valence-corrected chi connectivity index (χ1v) is 7.82. The van der Waals surface area contributed by atoms with E-state index in [9.17, 15) is 13.2 Å². The highest BCUT2D eigenvalue weighted by molar-refractivity contribution is 5.93. The van der Waals surface area contributed by atoms with Gasteiger partial charge in [-0.15, -0.1) is 13.2 Å². The number of para-hydroxylation sites is 2. The van der Waals surface area contributed by atoms with Crippen LogP contribution in [0, 0.1) is 0 Å². The molecule has 0 fully saturated rings. The largest absolute Gasteiger partial charge is 0.573 e. The number of benzene rings is 2. The summed E-state index contributed by atoms with van der Waals surface area (Å²) in [4.78, 5) is 8.35. The van der Waals surface area contributed by atoms with Crippen LogP contribution < -0.4 is 15.8 Å². The Morgan fingerprint density at radius 3 is 2.56 bits per heavy atom. The SMILES string of the molecule is NC(=NCc1coc(-c2ccccc2)n1)Nc1ccccc1OC(F)(F)F. The number of oxazole rings is 1. The Morgan fingerprint density at radius 2 is 1.81 bits per heavy atom. The molecule has 6 nitrogen and oxygen atoms in total. The number of hydrogen-bond donors (Lipinski definition) is 2. The summed E-state index contributed by atoms with van der Waals surface area (Å²) in [7, 11) is 0. The van der Waals surface area contributed by atoms with E-state index in [0.717, 1.165) is 5.56 Å². The van der Waals surface area contributed by atoms with Gasteiger partial charge in [-0.3, -0.25) is 0 Å². The van der Waals surface area contributed by atoms with Gasteiger partial charge in [-0.2, -0.15) is 0 Å². The van der Waals surface area contributed by atoms with Crippen LogP contribution >= 0.6 is 0 Å². The smallest absolute Gasteiger partial charge is 0.444 e. The molecule has 0 aliphatic heterocycles. The van der Waals surface area contributed by atoms with Crippen molar-refractivity contribution in [1.82, 2.24) is 4.98 Å². The fourth-order valence-electron chi connectivity index (χ4n) is 2.22. The molecule has 9 heteroatoms. The van der Waals surface area contributed by atoms with Gasteiger partial charge in [0.1, 0.15) is 12.0 Å². The first-order valence-electron chi connectivity index (χ1n) is 7.82. The number of nitrogens with zero attached hydrogens (tertiary/aromatic N) is 2. The molecule has 0 amide bonds. The Bertz CT molecular complexity index is 924. The van der Waals surface area contributed by atoms with Crippen LogP contribution in [0.3, 0.4) is 0 Å². The number of nitrogens with two attached hydrogens (primary N) is 1. The normalized spacial score (nSPS) is 12.0. The van der Waals surface area contributed by atoms with Crippen molar-refractivity contribution in [3.63, 3.8) is 0 Å². The minimum Gasteiger partial charge on any atom is -0.444 e. The number of rotatable bonds is 5. The van der Waals surface area contributed by atoms with Gasteiger partial charge in [-0.1, -0.05) is 30.3 Å². The van der Waals surface area contributed by atoms with E-state index in [1.54, 1.807) is 6.07 Å². The molecule has 3 rings (SSSR count). The third-order valence-corrected chi connectivity index (χ3v) is 3.36. The third-order valence-electron chi connectivity index (χ3n) is 3.36. The minimum absolute atomic E-state index is 0.0428. The zero-order valence-electron chi connectivity index (χ0n) is 13.9. The molecule has 3 N–H and O–H groups in total. The summed E-state index contributed by atoms with van der Waals surface area (Å²) in [5.41, 5.74) is 7.13. The lowest BCUT2D eigenvalue weighted by molar-refractivity contribution is -0.274. The van der Waals surface area contributed by atoms with E-state index in [2.05, 4.69) is 20.0 Å². The van der Waals surface area contributed by atoms with Gasteiger partial charge in [0.15, 0.2) is 11.7 Å². The Hall–Kier alpha value is -3.49. The van der Waals surface area contributed by atoms with Gasteiger partial charge < -0.3 is 20.2 Å². The van der Waals surface area contributed by atoms with Gasteiger partial charge >= 0.3 is 6.36 Å². The van der Waals surface area contributed by atoms with Gasteiger partial charge in [0, 0.05) is 5.56 Å². The standard InChI is InChI=1S/C18H15F3N4O2/c19-18(20,21)27-15-9-5-4-8-14(15)25-17(22)23-10-13-11-26-16(24-13)12-6-2-1-3-7-12/h1-9,11H,10H2,(H3,22,23,25). The molecule has 0 aliphatic carbocycles. The maximum atomic E-state index is 12.4. The Labute approximate surface area is 152 Å². The Kier molecular flexibility index (Phi) is 5.30. The summed E-state index contributed by atoms with van der Waals surface area (Å²) in [5.74, 6) is -0.0512. The number of ether oxygens (including phenoxy) is 1. The van der Waals surface area contributed by atoms with E-state index in [1.165, 1.54) is 24.5 Å². The highest BCUT2D eigenvalue weighted by atomic mass is 19.4. The van der Waals surface area contributed by atoms with E-state index in [4.69, 9.17) is 10.2 Å². The molecule has 2 aromatic carbocycles. The van der Waals surface area contributed by atoms with Crippen LogP contribution in [0.2, 0.25) is 0 Å². The number of anilines is 1. The van der Waals surface area contributed by atoms with Crippen LogP contribution in [0.1, 0.15) is 5.69 Å². The number of guanidine groups is 1. The maximum Gasteiger partial charge on any atom is 0.573 e. The third kappa shape index (κ3) is 5.24. The van der Waals surface area contributed by atoms with E-state index >= 15 is 0 Å². The fourth-order valence-corrected chi connectivity index (χ4v) is 2.22. The number of halogens is 3. The molecular formula is C18H15F3N4O2. The van der Waals surface area contributed by atoms with Crippen molar-refractivity contribution < 1.29 is 22.3 Å². The number of hydrogen-bond acceptors (Lipinski definition) is 4. The minimum atomic E-state index is -4.81. The average molecular weight is 376 g/mol. The summed E-state index contributed by atoms with van der Waals surface area (Å²) in [5, 5.41) is 2.59. The lowest BCUT2D eigenvalue weighted by Gasteiger charge is -2.13. The first kappa shape index (κ1) is 18.3. The van der Waals surface area contributed by atoms with Crippen molar-refractivity contribution in [3.05, 3.63) is 66.6 Å². The van der Waals surface area contributed by atoms with Crippen LogP contribution in [0.5, 0.6) is 5.75 Å². The van der Waals surface area contributed by atoms with Gasteiger partial charge in [-0.25, -0.2) is 9.98 Å². The summed E-state index contributed by atoms with van der Waals surface area (Å²) in [6.07, 6.45) is -3.36. The van der Waals surface area contributed by atoms with Gasteiger partial charge in [0.25, 0.3) is 0 Å². The van der Waals surface area contributed by atoms with Crippen LogP contribution in [0.4, 0.5) is 18.9 Å². The second-order valence-corrected chi connectivity index (χ2v) is 5.38. The van der Waals surface area contributed by atoms with E-state index in [-0.39, 0.29) is 18.2 Å². The zero-order chi connectivity index (χ0) is 19.3. The highest BCUT2D eigenvalue weighted by Crippen LogP contribution is 2.29. The zero-order valence-corrected chi connectivity index (χ0v) is 13.9. The second-order valence-electron chi connectivity index (χ2n) is 5.38. The summed E-state index contributed by atoms with van der Waals surface area (Å²) < 4.78 is 46.7. The summed E-state index contributed by atoms with van der Waals surface area (Å²) in [6.45, 7) is 0.0947. The van der Waals surface area contributed by atoms with Crippen molar-refractivity contribution in [2.75, 3.05) is 5.32 Å². The summed E-state index contributed by atoms with van der Waals surface area (Å²) >= 11 is 0. The molecule has 27 heavy (non-hydrogen) atoms. The van der Waals surface area contributed by atoms with Crippen LogP contribution in [-0.2, 0) is 6.54 Å². The molecule has 0 spiro atoms. The van der Waals surface area contributed by atoms with E-state index in [0.29, 0.717) is 11.6 Å². The Morgan fingerprint density at radius 1 is 1.11 bits per heavy atom. The number of aliphatic imine (C=N–C) groups is 1. The topological polar surface area (TPSA) is 85.7 Å². The molecule has 0 atom stereocenters. The monoisotopic (exact) mass is 376 g/mol. The van der Waals surface area contributed by atoms with Crippen molar-refractivity contribution in [2.24, 2.45) is 10.7 Å². The van der Waals surface area contributed by atoms with E-state index in [1.807, 2.05) is 30.3 Å². The lowest BCUT2D eigenvalue weighted by Crippen LogP contribution is -2.24. The van der Waals surface area contributed by atoms with Crippen molar-refractivity contribution >= 4 is 11.6 Å². The molecule has 0 saturated heterocycles. The number of aromatic nitrogens is 1. The summed E-state index contributed by atoms with van der Waals surface area (Å²) in [6, 6.07) is 14.8. The van der Waals surface area contributed by atoms with Crippen LogP contribution in [0.25, 0.3) is 11.5 Å². The molecule has 140 valence electrons. The average Bonchev–Trinajstić information content (AvgIpc) is 3.10. The highest BCUT2D eigenvalue weighted by Gasteiger charge is 2.32. The lowest BCUT2D eigenvalue weighted by atomic mass is 10.2. The molecule has 1 aromatic heterocycles. The number of nitrogens with one attached hydrogen (secondary N) is 1. The van der Waals surface area contributed by atoms with Gasteiger partial charge in [0.05, 0.1) is 12.2 Å². The van der Waals surface area contributed by atoms with Crippen molar-refractivity contribution in [1.29, 1.82) is 0 Å². The molecule has 0 saturated carbocycles. The van der Waals surface area contributed by atoms with Crippen LogP contribution in [-0.4, -0.2) is 17.3 Å². The van der Waals surface area contributed by atoms with Crippen LogP contribution in [0.15, 0.2) is 70.3 Å². The molecule has 0 bridgehead atoms. The number of alkyl halides is 3. The molecule has 3 aromatic rings. The molecule has 0 aliphatic rings. The van der Waals surface area contributed by atoms with E-state index < -0.39 is 12.1 Å². The predicted molar refractivity (Wildman–Crippen MR) is 94.0 cm³/mol. The molecule has 0 radical (unpaired) electrons. The Balaban J connectivity index is 1.67. The maximum absolute atomic E-state index is 12.4. The van der Waals surface area contributed by atoms with Crippen molar-refractivity contribution in [2.45, 2.75) is 12.9 Å². The molecular weight excluding hydrogens is 361 g/mol. The first-order chi connectivity index (χ1) is 12.9. The quantitative estimate of drug-likeness (QED) is 0.516. The molecule has 1 heterocycles. The van der Waals surface area contributed by atoms with Gasteiger partial charge in [0.2, 0.25) is 5.89 Å². The fraction of sp³-hybridized carbons (Fsp3) is 0.111. The second kappa shape index (κ2) is 7.81.